The lowest BCUT2D eigenvalue weighted by Crippen LogP contribution is -2.00. The van der Waals surface area contributed by atoms with Gasteiger partial charge in [0.15, 0.2) is 17.5 Å². The number of benzene rings is 8. The molecular formula is C51H31N3S2. The molecule has 0 radical (unpaired) electrons. The van der Waals surface area contributed by atoms with Gasteiger partial charge in [-0.3, -0.25) is 0 Å². The Labute approximate surface area is 331 Å². The molecule has 0 unspecified atom stereocenters. The van der Waals surface area contributed by atoms with Crippen LogP contribution >= 0.6 is 22.7 Å². The molecule has 5 heteroatoms. The number of hydrogen-bond donors (Lipinski definition) is 0. The lowest BCUT2D eigenvalue weighted by molar-refractivity contribution is 1.07. The fourth-order valence-electron chi connectivity index (χ4n) is 7.75. The van der Waals surface area contributed by atoms with Gasteiger partial charge in [-0.2, -0.15) is 0 Å². The Morgan fingerprint density at radius 2 is 0.714 bits per heavy atom. The second-order valence-corrected chi connectivity index (χ2v) is 16.2. The highest BCUT2D eigenvalue weighted by Gasteiger charge is 2.17. The highest BCUT2D eigenvalue weighted by atomic mass is 32.1. The van der Waals surface area contributed by atoms with Crippen molar-refractivity contribution >= 4 is 63.0 Å². The summed E-state index contributed by atoms with van der Waals surface area (Å²) < 4.78 is 5.08. The van der Waals surface area contributed by atoms with Gasteiger partial charge in [-0.15, -0.1) is 22.7 Å². The summed E-state index contributed by atoms with van der Waals surface area (Å²) in [5.41, 5.74) is 10.2. The van der Waals surface area contributed by atoms with Gasteiger partial charge in [0.2, 0.25) is 0 Å². The molecule has 262 valence electrons. The number of rotatable bonds is 6. The summed E-state index contributed by atoms with van der Waals surface area (Å²) >= 11 is 3.69. The van der Waals surface area contributed by atoms with Crippen molar-refractivity contribution in [2.45, 2.75) is 0 Å². The van der Waals surface area contributed by atoms with E-state index in [0.29, 0.717) is 17.5 Å². The number of hydrogen-bond acceptors (Lipinski definition) is 5. The van der Waals surface area contributed by atoms with Gasteiger partial charge in [-0.1, -0.05) is 158 Å². The third-order valence-corrected chi connectivity index (χ3v) is 12.8. The minimum atomic E-state index is 0.653. The van der Waals surface area contributed by atoms with E-state index >= 15 is 0 Å². The van der Waals surface area contributed by atoms with E-state index in [0.717, 1.165) is 22.3 Å². The van der Waals surface area contributed by atoms with Crippen molar-refractivity contribution in [1.82, 2.24) is 15.0 Å². The molecular weight excluding hydrogens is 719 g/mol. The molecule has 0 fully saturated rings. The Hall–Kier alpha value is -6.79. The zero-order chi connectivity index (χ0) is 37.0. The highest BCUT2D eigenvalue weighted by molar-refractivity contribution is 7.26. The first-order valence-electron chi connectivity index (χ1n) is 18.7. The van der Waals surface area contributed by atoms with Crippen LogP contribution in [0, 0.1) is 0 Å². The predicted octanol–water partition coefficient (Wildman–Crippen LogP) is 14.6. The smallest absolute Gasteiger partial charge is 0.164 e. The van der Waals surface area contributed by atoms with Gasteiger partial charge in [0.05, 0.1) is 0 Å². The molecule has 0 saturated heterocycles. The third-order valence-electron chi connectivity index (χ3n) is 10.5. The normalized spacial score (nSPS) is 11.6. The molecule has 0 N–H and O–H groups in total. The average molecular weight is 750 g/mol. The number of thiophene rings is 2. The van der Waals surface area contributed by atoms with Crippen molar-refractivity contribution in [3.63, 3.8) is 0 Å². The van der Waals surface area contributed by atoms with Crippen LogP contribution in [0.2, 0.25) is 0 Å². The lowest BCUT2D eigenvalue weighted by Gasteiger charge is -2.10. The molecule has 3 nitrogen and oxygen atoms in total. The van der Waals surface area contributed by atoms with E-state index in [1.54, 1.807) is 0 Å². The van der Waals surface area contributed by atoms with E-state index in [-0.39, 0.29) is 0 Å². The summed E-state index contributed by atoms with van der Waals surface area (Å²) in [6.07, 6.45) is 0. The van der Waals surface area contributed by atoms with Crippen LogP contribution in [-0.2, 0) is 0 Å². The van der Waals surface area contributed by atoms with Crippen LogP contribution in [0.3, 0.4) is 0 Å². The lowest BCUT2D eigenvalue weighted by atomic mass is 9.94. The molecule has 8 aromatic carbocycles. The van der Waals surface area contributed by atoms with E-state index in [1.807, 2.05) is 46.9 Å². The maximum Gasteiger partial charge on any atom is 0.164 e. The number of fused-ring (bicyclic) bond motifs is 6. The number of aromatic nitrogens is 3. The Morgan fingerprint density at radius 3 is 1.39 bits per heavy atom. The fourth-order valence-corrected chi connectivity index (χ4v) is 10.1. The molecule has 0 aliphatic heterocycles. The number of nitrogens with zero attached hydrogens (tertiary/aromatic N) is 3. The molecule has 0 aliphatic carbocycles. The van der Waals surface area contributed by atoms with E-state index in [9.17, 15) is 0 Å². The Kier molecular flexibility index (Phi) is 7.87. The van der Waals surface area contributed by atoms with Crippen molar-refractivity contribution in [2.75, 3.05) is 0 Å². The Bertz CT molecular complexity index is 3220. The topological polar surface area (TPSA) is 38.7 Å². The zero-order valence-electron chi connectivity index (χ0n) is 30.1. The summed E-state index contributed by atoms with van der Waals surface area (Å²) in [6.45, 7) is 0. The van der Waals surface area contributed by atoms with E-state index in [4.69, 9.17) is 15.0 Å². The fraction of sp³-hybridized carbons (Fsp3) is 0. The summed E-state index contributed by atoms with van der Waals surface area (Å²) in [6, 6.07) is 66.9. The third kappa shape index (κ3) is 5.77. The van der Waals surface area contributed by atoms with Crippen molar-refractivity contribution < 1.29 is 0 Å². The van der Waals surface area contributed by atoms with Crippen LogP contribution in [0.4, 0.5) is 0 Å². The predicted molar refractivity (Wildman–Crippen MR) is 238 cm³/mol. The molecule has 3 heterocycles. The van der Waals surface area contributed by atoms with Crippen molar-refractivity contribution in [2.24, 2.45) is 0 Å². The minimum Gasteiger partial charge on any atom is -0.208 e. The van der Waals surface area contributed by atoms with Crippen LogP contribution in [0.25, 0.3) is 108 Å². The average Bonchev–Trinajstić information content (AvgIpc) is 3.84. The second-order valence-electron chi connectivity index (χ2n) is 14.0. The second kappa shape index (κ2) is 13.5. The molecule has 0 bridgehead atoms. The molecule has 11 rings (SSSR count). The van der Waals surface area contributed by atoms with Crippen LogP contribution in [0.5, 0.6) is 0 Å². The maximum absolute atomic E-state index is 5.07. The highest BCUT2D eigenvalue weighted by Crippen LogP contribution is 2.44. The Balaban J connectivity index is 1.01. The van der Waals surface area contributed by atoms with Crippen molar-refractivity contribution in [1.29, 1.82) is 0 Å². The Morgan fingerprint density at radius 1 is 0.268 bits per heavy atom. The molecule has 0 amide bonds. The van der Waals surface area contributed by atoms with E-state index in [2.05, 4.69) is 164 Å². The molecule has 0 aliphatic rings. The first-order valence-corrected chi connectivity index (χ1v) is 20.3. The monoisotopic (exact) mass is 749 g/mol. The summed E-state index contributed by atoms with van der Waals surface area (Å²) in [7, 11) is 0. The van der Waals surface area contributed by atoms with E-state index in [1.165, 1.54) is 68.2 Å². The van der Waals surface area contributed by atoms with Crippen molar-refractivity contribution in [3.8, 4) is 67.5 Å². The van der Waals surface area contributed by atoms with Crippen LogP contribution < -0.4 is 0 Å². The minimum absolute atomic E-state index is 0.653. The first-order chi connectivity index (χ1) is 27.7. The SMILES string of the molecule is c1ccc(-c2ccc(-c3nc(-c4ccccc4)nc(-c4ccc5c(c4)sc4cc(-c6cc(-c7ccccc7)c7c(c6)sc6ccccc67)ccc45)n3)cc2)cc1. The van der Waals surface area contributed by atoms with E-state index < -0.39 is 0 Å². The summed E-state index contributed by atoms with van der Waals surface area (Å²) in [5.74, 6) is 1.97. The summed E-state index contributed by atoms with van der Waals surface area (Å²) in [5, 5.41) is 5.14. The van der Waals surface area contributed by atoms with Gasteiger partial charge in [-0.25, -0.2) is 15.0 Å². The maximum atomic E-state index is 5.07. The summed E-state index contributed by atoms with van der Waals surface area (Å²) in [4.78, 5) is 15.1. The van der Waals surface area contributed by atoms with Gasteiger partial charge in [0.1, 0.15) is 0 Å². The molecule has 0 spiro atoms. The molecule has 0 atom stereocenters. The van der Waals surface area contributed by atoms with Gasteiger partial charge in [0, 0.05) is 57.0 Å². The molecule has 3 aromatic heterocycles. The van der Waals surface area contributed by atoms with Crippen LogP contribution in [-0.4, -0.2) is 15.0 Å². The van der Waals surface area contributed by atoms with Gasteiger partial charge < -0.3 is 0 Å². The van der Waals surface area contributed by atoms with Gasteiger partial charge >= 0.3 is 0 Å². The van der Waals surface area contributed by atoms with Gasteiger partial charge in [0.25, 0.3) is 0 Å². The standard InChI is InChI=1S/C51H31N3S2/c1-4-12-32(13-5-1)33-20-22-36(23-21-33)50-52-49(35-16-8-3-9-17-35)53-51(54-50)38-25-27-41-40-26-24-37(29-45(40)56-46(41)30-38)39-28-43(34-14-6-2-7-15-34)48-42-18-10-11-19-44(42)55-47(48)31-39/h1-31H. The van der Waals surface area contributed by atoms with Gasteiger partial charge in [-0.05, 0) is 63.7 Å². The largest absolute Gasteiger partial charge is 0.208 e. The zero-order valence-corrected chi connectivity index (χ0v) is 31.7. The molecule has 11 aromatic rings. The quantitative estimate of drug-likeness (QED) is 0.170. The first kappa shape index (κ1) is 32.6. The molecule has 0 saturated carbocycles. The van der Waals surface area contributed by atoms with Crippen molar-refractivity contribution in [3.05, 3.63) is 188 Å². The van der Waals surface area contributed by atoms with Crippen LogP contribution in [0.15, 0.2) is 188 Å². The van der Waals surface area contributed by atoms with Crippen LogP contribution in [0.1, 0.15) is 0 Å². The molecule has 56 heavy (non-hydrogen) atoms.